The third-order valence-electron chi connectivity index (χ3n) is 19.2. The van der Waals surface area contributed by atoms with Crippen LogP contribution in [0.25, 0.3) is 0 Å². The summed E-state index contributed by atoms with van der Waals surface area (Å²) in [7, 11) is 0. The molecule has 0 aromatic heterocycles. The zero-order valence-electron chi connectivity index (χ0n) is 62.8. The molecule has 5 fully saturated rings. The van der Waals surface area contributed by atoms with Gasteiger partial charge < -0.3 is 152 Å². The standard InChI is InChI=1S/C68H118N12O30/c1-40(84)77-52-56(96)54(94)43(34-81)107-61(52)104-28-7-4-14-45(87)70-22-11-25-73-48(90)18-31-101-37-66(80-51(93)17-10-21-76-65(100)110-69,38-102-32-19-49(91)74-26-12-23-71-46(88)15-5-8-29-105-62-53(78-41(2)85)57(97)55(95)44(35-82)108-62)39-103-33-20-50(92)75-27-13-24-72-47(89)16-6-9-30-106-64-68(79-42(3)86)59-58(98)60(99)67(59,36-83)63(68)109-64/h43-44,52-64,81-83,94-99H,4-39,69H2,1-3H3,(H,70,87)(H,71,88)(H,72,89)(H,73,90)(H,74,91)(H,75,92)(H,76,100)(H,77,84)(H,78,85)(H,79,86)(H,80,93)/t43?,44?,52?,53?,54-,55-,56+,57+,58+,59?,60+,61+,62+,63?,64+,66?,67?,68+/m0/s1. The number of carbonyl (C=O) groups excluding carboxylic acids is 11. The first-order valence-corrected chi connectivity index (χ1v) is 37.5. The van der Waals surface area contributed by atoms with Crippen LogP contribution in [0.15, 0.2) is 0 Å². The molecule has 22 N–H and O–H groups in total. The number of ether oxygens (including phenoxy) is 9. The lowest BCUT2D eigenvalue weighted by Gasteiger charge is -2.82. The minimum absolute atomic E-state index is 0.00222. The van der Waals surface area contributed by atoms with E-state index >= 15 is 0 Å². The van der Waals surface area contributed by atoms with Gasteiger partial charge in [0, 0.05) is 137 Å². The summed E-state index contributed by atoms with van der Waals surface area (Å²) in [4.78, 5) is 142. The fourth-order valence-corrected chi connectivity index (χ4v) is 13.6. The minimum atomic E-state index is -1.51. The molecule has 11 amide bonds. The fourth-order valence-electron chi connectivity index (χ4n) is 13.6. The minimum Gasteiger partial charge on any atom is -0.396 e. The molecule has 7 unspecified atom stereocenters. The number of rotatable bonds is 56. The van der Waals surface area contributed by atoms with E-state index in [-0.39, 0.29) is 180 Å². The molecule has 2 saturated carbocycles. The van der Waals surface area contributed by atoms with Crippen LogP contribution in [0.2, 0.25) is 0 Å². The van der Waals surface area contributed by atoms with E-state index in [0.29, 0.717) is 57.8 Å². The van der Waals surface area contributed by atoms with E-state index in [1.807, 2.05) is 0 Å². The van der Waals surface area contributed by atoms with Crippen LogP contribution in [-0.2, 0) is 95.4 Å². The summed E-state index contributed by atoms with van der Waals surface area (Å²) in [5.74, 6) is 0.323. The molecule has 110 heavy (non-hydrogen) atoms. The number of carbonyl (C=O) groups is 11. The number of amides is 11. The van der Waals surface area contributed by atoms with Gasteiger partial charge in [-0.1, -0.05) is 0 Å². The second-order valence-corrected chi connectivity index (χ2v) is 27.8. The molecule has 3 saturated heterocycles. The molecule has 3 heterocycles. The molecule has 3 aliphatic heterocycles. The van der Waals surface area contributed by atoms with E-state index in [1.54, 1.807) is 0 Å². The maximum Gasteiger partial charge on any atom is 0.425 e. The summed E-state index contributed by atoms with van der Waals surface area (Å²) >= 11 is 0. The Balaban J connectivity index is 1.04. The van der Waals surface area contributed by atoms with Crippen LogP contribution in [0, 0.1) is 11.3 Å². The van der Waals surface area contributed by atoms with Gasteiger partial charge in [-0.05, 0) is 64.2 Å². The number of nitrogens with two attached hydrogens (primary N) is 1. The van der Waals surface area contributed by atoms with Crippen molar-refractivity contribution in [1.29, 1.82) is 0 Å². The van der Waals surface area contributed by atoms with Crippen LogP contribution in [0.5, 0.6) is 0 Å². The molecule has 630 valence electrons. The topological polar surface area (TPSA) is 620 Å². The molecule has 5 aliphatic rings. The van der Waals surface area contributed by atoms with Crippen LogP contribution in [0.4, 0.5) is 4.79 Å². The zero-order chi connectivity index (χ0) is 80.8. The van der Waals surface area contributed by atoms with Crippen LogP contribution in [-0.4, -0.2) is 333 Å². The fraction of sp³-hybridized carbons (Fsp3) is 0.838. The summed E-state index contributed by atoms with van der Waals surface area (Å²) < 4.78 is 52.2. The first kappa shape index (κ1) is 93.8. The lowest BCUT2D eigenvalue weighted by atomic mass is 9.32. The molecule has 0 spiro atoms. The van der Waals surface area contributed by atoms with Gasteiger partial charge in [-0.2, -0.15) is 5.90 Å². The van der Waals surface area contributed by atoms with Gasteiger partial charge in [-0.25, -0.2) is 4.79 Å². The smallest absolute Gasteiger partial charge is 0.396 e. The first-order chi connectivity index (χ1) is 52.6. The molecule has 0 bridgehead atoms. The van der Waals surface area contributed by atoms with E-state index in [2.05, 4.69) is 63.3 Å². The van der Waals surface area contributed by atoms with Gasteiger partial charge in [0.25, 0.3) is 0 Å². The van der Waals surface area contributed by atoms with Crippen molar-refractivity contribution >= 4 is 65.2 Å². The van der Waals surface area contributed by atoms with Gasteiger partial charge in [0.15, 0.2) is 18.9 Å². The van der Waals surface area contributed by atoms with Crippen molar-refractivity contribution in [3.05, 3.63) is 0 Å². The Morgan fingerprint density at radius 3 is 1.15 bits per heavy atom. The summed E-state index contributed by atoms with van der Waals surface area (Å²) in [5, 5.41) is 121. The number of hydrogen-bond donors (Lipinski definition) is 21. The Hall–Kier alpha value is -6.79. The van der Waals surface area contributed by atoms with Gasteiger partial charge in [0.05, 0.1) is 77.1 Å². The highest BCUT2D eigenvalue weighted by molar-refractivity contribution is 5.79. The molecule has 0 radical (unpaired) electrons. The van der Waals surface area contributed by atoms with Crippen molar-refractivity contribution < 1.29 is 146 Å². The normalized spacial score (nSPS) is 27.6. The number of aliphatic hydroxyl groups is 9. The molecule has 5 rings (SSSR count). The van der Waals surface area contributed by atoms with Gasteiger partial charge >= 0.3 is 6.09 Å². The van der Waals surface area contributed by atoms with E-state index in [4.69, 9.17) is 48.5 Å². The quantitative estimate of drug-likeness (QED) is 0.0199. The molecule has 0 aromatic carbocycles. The maximum atomic E-state index is 13.6. The average molecular weight is 1580 g/mol. The summed E-state index contributed by atoms with van der Waals surface area (Å²) in [6.07, 6.45) is -11.9. The summed E-state index contributed by atoms with van der Waals surface area (Å²) in [5.41, 5.74) is -3.69. The predicted molar refractivity (Wildman–Crippen MR) is 377 cm³/mol. The number of fused-ring (bicyclic) bond motifs is 4. The summed E-state index contributed by atoms with van der Waals surface area (Å²) in [6, 6.07) is -2.20. The van der Waals surface area contributed by atoms with Crippen molar-refractivity contribution in [1.82, 2.24) is 58.5 Å². The molecule has 42 heteroatoms. The maximum absolute atomic E-state index is 13.6. The largest absolute Gasteiger partial charge is 0.425 e. The SMILES string of the molecule is CC(=O)NC1[C@H](OCCCCC(=O)NCCCNC(=O)CCOCC(COCCC(=O)NCCCNC(=O)CCCCO[C@@H]2OC(CO)[C@H](O)[C@H](O)C2NC(C)=O)(COCCC(=O)NCCCNC(=O)CCCCO[C@@H]2OC3C4(CO)C([C@@H](O)[C@H]4O)[C@@]32NC(C)=O)NC(=O)CCCNC(=O)ON)OC(CO)[C@H](O)[C@@H]1O. The number of hydrogen-bond acceptors (Lipinski definition) is 31. The van der Waals surface area contributed by atoms with E-state index < -0.39 is 170 Å². The molecule has 17 atom stereocenters. The Bertz CT molecular complexity index is 2800. The highest BCUT2D eigenvalue weighted by Gasteiger charge is 2.91. The number of nitrogens with one attached hydrogen (secondary N) is 11. The van der Waals surface area contributed by atoms with Crippen molar-refractivity contribution in [2.75, 3.05) is 125 Å². The molecular formula is C68H118N12O30. The molecule has 0 aromatic rings. The van der Waals surface area contributed by atoms with Crippen molar-refractivity contribution in [2.45, 2.75) is 227 Å². The second-order valence-electron chi connectivity index (χ2n) is 27.8. The molecular weight excluding hydrogens is 1460 g/mol. The van der Waals surface area contributed by atoms with E-state index in [9.17, 15) is 98.7 Å². The Kier molecular flexibility index (Phi) is 41.8. The number of aliphatic hydroxyl groups excluding tert-OH is 9. The van der Waals surface area contributed by atoms with Crippen molar-refractivity contribution in [3.8, 4) is 0 Å². The third-order valence-corrected chi connectivity index (χ3v) is 19.2. The van der Waals surface area contributed by atoms with Crippen LogP contribution >= 0.6 is 0 Å². The first-order valence-electron chi connectivity index (χ1n) is 37.5. The van der Waals surface area contributed by atoms with Gasteiger partial charge in [0.1, 0.15) is 65.9 Å². The van der Waals surface area contributed by atoms with E-state index in [1.165, 1.54) is 20.8 Å². The lowest BCUT2D eigenvalue weighted by molar-refractivity contribution is -0.496. The Labute approximate surface area is 637 Å². The second kappa shape index (κ2) is 49.0. The highest BCUT2D eigenvalue weighted by Crippen LogP contribution is 2.72. The van der Waals surface area contributed by atoms with Gasteiger partial charge in [-0.15, -0.1) is 0 Å². The van der Waals surface area contributed by atoms with Crippen LogP contribution in [0.1, 0.15) is 130 Å². The van der Waals surface area contributed by atoms with Gasteiger partial charge in [0.2, 0.25) is 59.1 Å². The molecule has 2 aliphatic carbocycles. The van der Waals surface area contributed by atoms with Crippen LogP contribution in [0.3, 0.4) is 0 Å². The average Bonchev–Trinajstić information content (AvgIpc) is 0.624. The predicted octanol–water partition coefficient (Wildman–Crippen LogP) is -8.30. The van der Waals surface area contributed by atoms with Gasteiger partial charge in [-0.3, -0.25) is 47.9 Å². The monoisotopic (exact) mass is 1580 g/mol. The Morgan fingerprint density at radius 2 is 0.791 bits per heavy atom. The lowest BCUT2D eigenvalue weighted by Crippen LogP contribution is -3.01. The molecule has 42 nitrogen and oxygen atoms in total. The number of unbranched alkanes of at least 4 members (excludes halogenated alkanes) is 3. The summed E-state index contributed by atoms with van der Waals surface area (Å²) in [6.45, 7) is 2.19. The zero-order valence-corrected chi connectivity index (χ0v) is 62.8. The van der Waals surface area contributed by atoms with Crippen molar-refractivity contribution in [3.63, 3.8) is 0 Å². The third kappa shape index (κ3) is 29.0. The van der Waals surface area contributed by atoms with E-state index in [0.717, 1.165) is 0 Å². The van der Waals surface area contributed by atoms with Crippen molar-refractivity contribution in [2.24, 2.45) is 17.2 Å². The Morgan fingerprint density at radius 1 is 0.418 bits per heavy atom. The highest BCUT2D eigenvalue weighted by atomic mass is 16.7. The van der Waals surface area contributed by atoms with Crippen LogP contribution < -0.4 is 64.4 Å².